The third kappa shape index (κ3) is 3.20. The first-order valence-electron chi connectivity index (χ1n) is 8.02. The topological polar surface area (TPSA) is 87.7 Å². The normalized spacial score (nSPS) is 21.0. The number of rotatable bonds is 4. The summed E-state index contributed by atoms with van der Waals surface area (Å²) >= 11 is 0. The van der Waals surface area contributed by atoms with Crippen molar-refractivity contribution in [3.8, 4) is 0 Å². The van der Waals surface area contributed by atoms with Gasteiger partial charge in [-0.2, -0.15) is 0 Å². The van der Waals surface area contributed by atoms with Gasteiger partial charge in [0, 0.05) is 24.5 Å². The number of benzene rings is 1. The molecular formula is C17H21N3O4. The molecule has 1 spiro atoms. The lowest BCUT2D eigenvalue weighted by Gasteiger charge is -2.32. The van der Waals surface area contributed by atoms with E-state index < -0.39 is 0 Å². The van der Waals surface area contributed by atoms with Gasteiger partial charge in [0.15, 0.2) is 0 Å². The van der Waals surface area contributed by atoms with E-state index in [9.17, 15) is 14.4 Å². The molecule has 128 valence electrons. The maximum atomic E-state index is 12.4. The van der Waals surface area contributed by atoms with Crippen LogP contribution in [0.15, 0.2) is 24.3 Å². The summed E-state index contributed by atoms with van der Waals surface area (Å²) in [6, 6.07) is 6.81. The van der Waals surface area contributed by atoms with Crippen LogP contribution in [0.1, 0.15) is 19.3 Å². The molecule has 2 fully saturated rings. The summed E-state index contributed by atoms with van der Waals surface area (Å²) in [7, 11) is 1.42. The molecule has 1 unspecified atom stereocenters. The van der Waals surface area contributed by atoms with Crippen molar-refractivity contribution < 1.29 is 19.1 Å². The van der Waals surface area contributed by atoms with E-state index in [1.54, 1.807) is 29.2 Å². The Hall–Kier alpha value is -2.57. The average Bonchev–Trinajstić information content (AvgIpc) is 3.29. The van der Waals surface area contributed by atoms with Crippen molar-refractivity contribution in [2.24, 2.45) is 11.3 Å². The molecule has 24 heavy (non-hydrogen) atoms. The smallest absolute Gasteiger partial charge is 0.321 e. The molecule has 1 saturated heterocycles. The lowest BCUT2D eigenvalue weighted by molar-refractivity contribution is -0.143. The zero-order valence-electron chi connectivity index (χ0n) is 13.6. The maximum absolute atomic E-state index is 12.4. The third-order valence-corrected chi connectivity index (χ3v) is 5.06. The van der Waals surface area contributed by atoms with Crippen molar-refractivity contribution in [2.45, 2.75) is 19.3 Å². The number of nitrogens with one attached hydrogen (secondary N) is 2. The van der Waals surface area contributed by atoms with Crippen LogP contribution < -0.4 is 10.6 Å². The minimum Gasteiger partial charge on any atom is -0.469 e. The van der Waals surface area contributed by atoms with Gasteiger partial charge in [0.2, 0.25) is 6.41 Å². The van der Waals surface area contributed by atoms with Crippen LogP contribution in [0, 0.1) is 11.3 Å². The van der Waals surface area contributed by atoms with Crippen molar-refractivity contribution in [3.05, 3.63) is 24.3 Å². The predicted octanol–water partition coefficient (Wildman–Crippen LogP) is 2.06. The molecule has 1 atom stereocenters. The first-order chi connectivity index (χ1) is 11.6. The van der Waals surface area contributed by atoms with Gasteiger partial charge in [0.25, 0.3) is 0 Å². The van der Waals surface area contributed by atoms with Gasteiger partial charge >= 0.3 is 12.0 Å². The molecule has 1 aliphatic carbocycles. The number of anilines is 2. The Morgan fingerprint density at radius 3 is 2.67 bits per heavy atom. The van der Waals surface area contributed by atoms with Gasteiger partial charge in [-0.3, -0.25) is 9.59 Å². The van der Waals surface area contributed by atoms with Crippen molar-refractivity contribution in [3.63, 3.8) is 0 Å². The monoisotopic (exact) mass is 331 g/mol. The first kappa shape index (κ1) is 16.3. The number of ether oxygens (including phenoxy) is 1. The molecule has 2 N–H and O–H groups in total. The fourth-order valence-corrected chi connectivity index (χ4v) is 3.49. The van der Waals surface area contributed by atoms with Gasteiger partial charge in [0.05, 0.1) is 13.0 Å². The van der Waals surface area contributed by atoms with Gasteiger partial charge in [0.1, 0.15) is 0 Å². The van der Waals surface area contributed by atoms with Gasteiger partial charge in [-0.25, -0.2) is 4.79 Å². The molecular weight excluding hydrogens is 310 g/mol. The Morgan fingerprint density at radius 1 is 1.29 bits per heavy atom. The second-order valence-electron chi connectivity index (χ2n) is 6.40. The Balaban J connectivity index is 1.54. The van der Waals surface area contributed by atoms with Crippen LogP contribution in [0.25, 0.3) is 0 Å². The molecule has 3 rings (SSSR count). The van der Waals surface area contributed by atoms with E-state index in [0.29, 0.717) is 30.9 Å². The number of hydrogen-bond donors (Lipinski definition) is 2. The molecule has 1 heterocycles. The minimum absolute atomic E-state index is 0.00110. The number of nitrogens with zero attached hydrogens (tertiary/aromatic N) is 1. The minimum atomic E-state index is -0.164. The predicted molar refractivity (Wildman–Crippen MR) is 88.5 cm³/mol. The number of hydrogen-bond acceptors (Lipinski definition) is 4. The van der Waals surface area contributed by atoms with Crippen LogP contribution >= 0.6 is 0 Å². The van der Waals surface area contributed by atoms with Crippen LogP contribution in [0.4, 0.5) is 16.2 Å². The van der Waals surface area contributed by atoms with Crippen molar-refractivity contribution in [2.75, 3.05) is 30.8 Å². The van der Waals surface area contributed by atoms with E-state index in [4.69, 9.17) is 4.74 Å². The molecule has 0 aromatic heterocycles. The number of carbonyl (C=O) groups excluding carboxylic acids is 3. The lowest BCUT2D eigenvalue weighted by atomic mass is 9.91. The summed E-state index contributed by atoms with van der Waals surface area (Å²) in [5.41, 5.74) is 1.29. The maximum Gasteiger partial charge on any atom is 0.321 e. The molecule has 0 bridgehead atoms. The van der Waals surface area contributed by atoms with Crippen LogP contribution in [0.3, 0.4) is 0 Å². The number of esters is 1. The van der Waals surface area contributed by atoms with Gasteiger partial charge < -0.3 is 20.3 Å². The fraction of sp³-hybridized carbons (Fsp3) is 0.471. The molecule has 0 radical (unpaired) electrons. The SMILES string of the molecule is COC(=O)C1CC12CCN(C(=O)Nc1cccc(NC=O)c1)CC2. The van der Waals surface area contributed by atoms with Crippen LogP contribution in [-0.4, -0.2) is 43.5 Å². The van der Waals surface area contributed by atoms with Crippen molar-refractivity contribution in [1.29, 1.82) is 0 Å². The zero-order valence-corrected chi connectivity index (χ0v) is 13.6. The summed E-state index contributed by atoms with van der Waals surface area (Å²) in [5.74, 6) is -0.133. The van der Waals surface area contributed by atoms with Gasteiger partial charge in [-0.05, 0) is 42.9 Å². The van der Waals surface area contributed by atoms with Crippen LogP contribution in [0.5, 0.6) is 0 Å². The standard InChI is InChI=1S/C17H21N3O4/c1-24-15(22)14-10-17(14)5-7-20(8-6-17)16(23)19-13-4-2-3-12(9-13)18-11-21/h2-4,9,11,14H,5-8,10H2,1H3,(H,18,21)(H,19,23). The van der Waals surface area contributed by atoms with Crippen molar-refractivity contribution in [1.82, 2.24) is 4.90 Å². The highest BCUT2D eigenvalue weighted by atomic mass is 16.5. The highest BCUT2D eigenvalue weighted by Crippen LogP contribution is 2.59. The molecule has 1 aliphatic heterocycles. The van der Waals surface area contributed by atoms with Gasteiger partial charge in [-0.15, -0.1) is 0 Å². The van der Waals surface area contributed by atoms with E-state index in [2.05, 4.69) is 10.6 Å². The number of methoxy groups -OCH3 is 1. The van der Waals surface area contributed by atoms with Crippen LogP contribution in [0.2, 0.25) is 0 Å². The second kappa shape index (κ2) is 6.51. The quantitative estimate of drug-likeness (QED) is 0.653. The molecule has 3 amide bonds. The summed E-state index contributed by atoms with van der Waals surface area (Å²) in [6.07, 6.45) is 3.12. The lowest BCUT2D eigenvalue weighted by Crippen LogP contribution is -2.42. The van der Waals surface area contributed by atoms with E-state index in [1.807, 2.05) is 0 Å². The summed E-state index contributed by atoms with van der Waals surface area (Å²) in [5, 5.41) is 5.39. The average molecular weight is 331 g/mol. The highest BCUT2D eigenvalue weighted by Gasteiger charge is 2.59. The number of carbonyl (C=O) groups is 3. The number of piperidine rings is 1. The summed E-state index contributed by atoms with van der Waals surface area (Å²) < 4.78 is 4.82. The number of urea groups is 1. The summed E-state index contributed by atoms with van der Waals surface area (Å²) in [4.78, 5) is 36.3. The molecule has 7 heteroatoms. The van der Waals surface area contributed by atoms with Gasteiger partial charge in [-0.1, -0.05) is 6.07 Å². The van der Waals surface area contributed by atoms with E-state index in [-0.39, 0.29) is 23.3 Å². The summed E-state index contributed by atoms with van der Waals surface area (Å²) in [6.45, 7) is 1.26. The molecule has 1 aromatic rings. The largest absolute Gasteiger partial charge is 0.469 e. The Bertz CT molecular complexity index is 653. The second-order valence-corrected chi connectivity index (χ2v) is 6.40. The Morgan fingerprint density at radius 2 is 2.00 bits per heavy atom. The van der Waals surface area contributed by atoms with E-state index in [1.165, 1.54) is 7.11 Å². The molecule has 1 saturated carbocycles. The third-order valence-electron chi connectivity index (χ3n) is 5.06. The highest BCUT2D eigenvalue weighted by molar-refractivity contribution is 5.90. The Kier molecular flexibility index (Phi) is 4.42. The molecule has 1 aromatic carbocycles. The first-order valence-corrected chi connectivity index (χ1v) is 8.02. The van der Waals surface area contributed by atoms with Crippen LogP contribution in [-0.2, 0) is 14.3 Å². The zero-order chi connectivity index (χ0) is 17.2. The van der Waals surface area contributed by atoms with E-state index >= 15 is 0 Å². The van der Waals surface area contributed by atoms with E-state index in [0.717, 1.165) is 19.3 Å². The fourth-order valence-electron chi connectivity index (χ4n) is 3.49. The number of amides is 3. The Labute approximate surface area is 140 Å². The molecule has 2 aliphatic rings. The molecule has 7 nitrogen and oxygen atoms in total. The van der Waals surface area contributed by atoms with Crippen molar-refractivity contribution >= 4 is 29.8 Å². The number of likely N-dealkylation sites (tertiary alicyclic amines) is 1.